The Morgan fingerprint density at radius 2 is 2.07 bits per heavy atom. The highest BCUT2D eigenvalue weighted by Gasteiger charge is 2.14. The van der Waals surface area contributed by atoms with Crippen molar-refractivity contribution in [3.05, 3.63) is 40.8 Å². The summed E-state index contributed by atoms with van der Waals surface area (Å²) in [5.41, 5.74) is 4.63. The topological polar surface area (TPSA) is 76.4 Å². The second kappa shape index (κ2) is 11.1. The van der Waals surface area contributed by atoms with Crippen LogP contribution in [0.25, 0.3) is 0 Å². The molecular formula is C19H31IN6O. The number of ether oxygens (including phenoxy) is 1. The van der Waals surface area contributed by atoms with Gasteiger partial charge in [0, 0.05) is 37.6 Å². The molecule has 7 nitrogen and oxygen atoms in total. The zero-order valence-corrected chi connectivity index (χ0v) is 19.4. The second-order valence-corrected chi connectivity index (χ2v) is 6.43. The Bertz CT molecular complexity index is 741. The maximum absolute atomic E-state index is 5.09. The predicted molar refractivity (Wildman–Crippen MR) is 120 cm³/mol. The lowest BCUT2D eigenvalue weighted by Gasteiger charge is -2.18. The van der Waals surface area contributed by atoms with Gasteiger partial charge in [-0.3, -0.25) is 4.68 Å². The van der Waals surface area contributed by atoms with Gasteiger partial charge in [-0.05, 0) is 45.2 Å². The van der Waals surface area contributed by atoms with Crippen molar-refractivity contribution in [1.82, 2.24) is 25.4 Å². The monoisotopic (exact) mass is 486 g/mol. The number of aromatic nitrogens is 3. The fourth-order valence-corrected chi connectivity index (χ4v) is 2.82. The van der Waals surface area contributed by atoms with Crippen LogP contribution in [0.3, 0.4) is 0 Å². The van der Waals surface area contributed by atoms with E-state index in [0.29, 0.717) is 12.4 Å². The van der Waals surface area contributed by atoms with Crippen molar-refractivity contribution in [3.8, 4) is 5.88 Å². The molecule has 0 saturated heterocycles. The zero-order valence-electron chi connectivity index (χ0n) is 17.0. The standard InChI is InChI=1S/C19H30N6O.HI/c1-7-20-19(22-12-16-8-9-18(26-6)21-11-16)23-13(2)10-17-14(3)24-25(5)15(17)4;/h8-9,11,13H,7,10,12H2,1-6H3,(H2,20,22,23);1H. The normalized spacial score (nSPS) is 12.3. The van der Waals surface area contributed by atoms with E-state index in [4.69, 9.17) is 4.74 Å². The van der Waals surface area contributed by atoms with Crippen molar-refractivity contribution in [1.29, 1.82) is 0 Å². The van der Waals surface area contributed by atoms with E-state index in [9.17, 15) is 0 Å². The number of nitrogens with one attached hydrogen (secondary N) is 2. The third kappa shape index (κ3) is 6.67. The number of hydrogen-bond donors (Lipinski definition) is 2. The lowest BCUT2D eigenvalue weighted by atomic mass is 10.1. The first kappa shape index (κ1) is 23.2. The highest BCUT2D eigenvalue weighted by Crippen LogP contribution is 2.14. The number of nitrogens with zero attached hydrogens (tertiary/aromatic N) is 4. The first-order valence-corrected chi connectivity index (χ1v) is 8.97. The first-order chi connectivity index (χ1) is 12.4. The van der Waals surface area contributed by atoms with E-state index in [0.717, 1.165) is 30.2 Å². The molecule has 2 N–H and O–H groups in total. The Kier molecular flexibility index (Phi) is 9.54. The van der Waals surface area contributed by atoms with Gasteiger partial charge in [0.25, 0.3) is 0 Å². The van der Waals surface area contributed by atoms with Crippen molar-refractivity contribution in [2.75, 3.05) is 13.7 Å². The summed E-state index contributed by atoms with van der Waals surface area (Å²) in [4.78, 5) is 8.88. The van der Waals surface area contributed by atoms with Crippen molar-refractivity contribution in [2.45, 2.75) is 46.7 Å². The highest BCUT2D eigenvalue weighted by molar-refractivity contribution is 14.0. The summed E-state index contributed by atoms with van der Waals surface area (Å²) in [7, 11) is 3.60. The Balaban J connectivity index is 0.00000364. The Morgan fingerprint density at radius 1 is 1.33 bits per heavy atom. The second-order valence-electron chi connectivity index (χ2n) is 6.43. The van der Waals surface area contributed by atoms with Crippen LogP contribution in [0, 0.1) is 13.8 Å². The molecule has 2 aromatic rings. The van der Waals surface area contributed by atoms with Gasteiger partial charge in [-0.1, -0.05) is 6.07 Å². The minimum Gasteiger partial charge on any atom is -0.481 e. The van der Waals surface area contributed by atoms with Gasteiger partial charge in [0.15, 0.2) is 5.96 Å². The van der Waals surface area contributed by atoms with Crippen LogP contribution in [0.5, 0.6) is 5.88 Å². The summed E-state index contributed by atoms with van der Waals surface area (Å²) in [6.45, 7) is 9.76. The maximum atomic E-state index is 5.09. The van der Waals surface area contributed by atoms with Crippen LogP contribution >= 0.6 is 24.0 Å². The van der Waals surface area contributed by atoms with E-state index in [1.54, 1.807) is 13.3 Å². The van der Waals surface area contributed by atoms with Crippen molar-refractivity contribution in [3.63, 3.8) is 0 Å². The zero-order chi connectivity index (χ0) is 19.1. The minimum atomic E-state index is 0. The van der Waals surface area contributed by atoms with E-state index < -0.39 is 0 Å². The summed E-state index contributed by atoms with van der Waals surface area (Å²) >= 11 is 0. The molecule has 0 aliphatic carbocycles. The number of hydrogen-bond acceptors (Lipinski definition) is 4. The van der Waals surface area contributed by atoms with Crippen LogP contribution in [-0.2, 0) is 20.0 Å². The number of guanidine groups is 1. The van der Waals surface area contributed by atoms with Gasteiger partial charge >= 0.3 is 0 Å². The Hall–Kier alpha value is -1.84. The summed E-state index contributed by atoms with van der Waals surface area (Å²) in [6, 6.07) is 4.07. The number of halogens is 1. The van der Waals surface area contributed by atoms with Crippen molar-refractivity contribution in [2.24, 2.45) is 12.0 Å². The molecule has 0 radical (unpaired) electrons. The van der Waals surface area contributed by atoms with Gasteiger partial charge < -0.3 is 15.4 Å². The number of rotatable bonds is 7. The van der Waals surface area contributed by atoms with Gasteiger partial charge in [-0.15, -0.1) is 24.0 Å². The molecule has 0 aromatic carbocycles. The molecule has 150 valence electrons. The third-order valence-electron chi connectivity index (χ3n) is 4.32. The molecule has 1 atom stereocenters. The highest BCUT2D eigenvalue weighted by atomic mass is 127. The fraction of sp³-hybridized carbons (Fsp3) is 0.526. The van der Waals surface area contributed by atoms with Gasteiger partial charge in [0.1, 0.15) is 0 Å². The summed E-state index contributed by atoms with van der Waals surface area (Å²) < 4.78 is 7.02. The number of aryl methyl sites for hydroxylation is 2. The quantitative estimate of drug-likeness (QED) is 0.358. The van der Waals surface area contributed by atoms with Gasteiger partial charge in [0.2, 0.25) is 5.88 Å². The molecule has 0 bridgehead atoms. The molecule has 0 saturated carbocycles. The third-order valence-corrected chi connectivity index (χ3v) is 4.32. The van der Waals surface area contributed by atoms with Gasteiger partial charge in [-0.2, -0.15) is 5.10 Å². The SMILES string of the molecule is CCNC(=NCc1ccc(OC)nc1)NC(C)Cc1c(C)nn(C)c1C.I. The number of methoxy groups -OCH3 is 1. The molecule has 2 aromatic heterocycles. The predicted octanol–water partition coefficient (Wildman–Crippen LogP) is 2.74. The fourth-order valence-electron chi connectivity index (χ4n) is 2.82. The number of pyridine rings is 1. The lowest BCUT2D eigenvalue weighted by Crippen LogP contribution is -2.43. The van der Waals surface area contributed by atoms with E-state index in [1.807, 2.05) is 23.9 Å². The average molecular weight is 486 g/mol. The molecule has 0 aliphatic heterocycles. The van der Waals surface area contributed by atoms with Crippen LogP contribution in [-0.4, -0.2) is 40.4 Å². The molecule has 27 heavy (non-hydrogen) atoms. The lowest BCUT2D eigenvalue weighted by molar-refractivity contribution is 0.397. The van der Waals surface area contributed by atoms with E-state index >= 15 is 0 Å². The molecule has 1 unspecified atom stereocenters. The first-order valence-electron chi connectivity index (χ1n) is 8.97. The summed E-state index contributed by atoms with van der Waals surface area (Å²) in [5.74, 6) is 1.41. The summed E-state index contributed by atoms with van der Waals surface area (Å²) in [5, 5.41) is 11.3. The van der Waals surface area contributed by atoms with Crippen LogP contribution in [0.15, 0.2) is 23.3 Å². The smallest absolute Gasteiger partial charge is 0.212 e. The average Bonchev–Trinajstić information content (AvgIpc) is 2.86. The van der Waals surface area contributed by atoms with Gasteiger partial charge in [0.05, 0.1) is 19.3 Å². The summed E-state index contributed by atoms with van der Waals surface area (Å²) in [6.07, 6.45) is 2.69. The maximum Gasteiger partial charge on any atom is 0.212 e. The molecule has 0 aliphatic rings. The molecule has 0 fully saturated rings. The van der Waals surface area contributed by atoms with Crippen LogP contribution in [0.2, 0.25) is 0 Å². The van der Waals surface area contributed by atoms with Crippen LogP contribution < -0.4 is 15.4 Å². The van der Waals surface area contributed by atoms with Crippen molar-refractivity contribution >= 4 is 29.9 Å². The van der Waals surface area contributed by atoms with Crippen LogP contribution in [0.4, 0.5) is 0 Å². The Morgan fingerprint density at radius 3 is 2.59 bits per heavy atom. The molecular weight excluding hydrogens is 455 g/mol. The molecule has 2 heterocycles. The molecule has 0 spiro atoms. The molecule has 2 rings (SSSR count). The largest absolute Gasteiger partial charge is 0.481 e. The van der Waals surface area contributed by atoms with Crippen molar-refractivity contribution < 1.29 is 4.74 Å². The van der Waals surface area contributed by atoms with Gasteiger partial charge in [-0.25, -0.2) is 9.98 Å². The van der Waals surface area contributed by atoms with E-state index in [1.165, 1.54) is 11.3 Å². The van der Waals surface area contributed by atoms with E-state index in [-0.39, 0.29) is 30.0 Å². The molecule has 8 heteroatoms. The minimum absolute atomic E-state index is 0. The van der Waals surface area contributed by atoms with Crippen LogP contribution in [0.1, 0.15) is 36.4 Å². The van der Waals surface area contributed by atoms with E-state index in [2.05, 4.69) is 53.4 Å². The Labute approximate surface area is 179 Å². The number of aliphatic imine (C=N–C) groups is 1. The molecule has 0 amide bonds.